The Morgan fingerprint density at radius 1 is 1.16 bits per heavy atom. The van der Waals surface area contributed by atoms with E-state index in [-0.39, 0.29) is 5.91 Å². The highest BCUT2D eigenvalue weighted by Gasteiger charge is 2.05. The first-order valence-electron chi connectivity index (χ1n) is 6.01. The van der Waals surface area contributed by atoms with Crippen molar-refractivity contribution in [1.29, 1.82) is 0 Å². The van der Waals surface area contributed by atoms with Gasteiger partial charge in [0.2, 0.25) is 0 Å². The minimum absolute atomic E-state index is 0.0741. The molecule has 98 valence electrons. The Morgan fingerprint density at radius 3 is 2.47 bits per heavy atom. The third-order valence-corrected chi connectivity index (χ3v) is 3.17. The van der Waals surface area contributed by atoms with E-state index in [1.54, 1.807) is 24.3 Å². The van der Waals surface area contributed by atoms with Crippen LogP contribution in [-0.4, -0.2) is 12.5 Å². The van der Waals surface area contributed by atoms with Gasteiger partial charge < -0.3 is 10.1 Å². The molecule has 0 bridgehead atoms. The molecule has 2 rings (SSSR count). The second-order valence-electron chi connectivity index (χ2n) is 3.92. The topological polar surface area (TPSA) is 38.3 Å². The number of nitrogens with one attached hydrogen (secondary N) is 1. The van der Waals surface area contributed by atoms with Crippen molar-refractivity contribution in [2.45, 2.75) is 6.92 Å². The van der Waals surface area contributed by atoms with Crippen molar-refractivity contribution in [2.24, 2.45) is 0 Å². The lowest BCUT2D eigenvalue weighted by Crippen LogP contribution is -2.22. The summed E-state index contributed by atoms with van der Waals surface area (Å²) in [5.41, 5.74) is 0.626. The zero-order valence-electron chi connectivity index (χ0n) is 10.5. The third kappa shape index (κ3) is 3.58. The SMILES string of the molecule is CCNC(=O)c1ccc(Oc2ccccc2Br)cc1. The Morgan fingerprint density at radius 2 is 1.84 bits per heavy atom. The number of hydrogen-bond acceptors (Lipinski definition) is 2. The Balaban J connectivity index is 2.11. The van der Waals surface area contributed by atoms with E-state index in [1.807, 2.05) is 31.2 Å². The van der Waals surface area contributed by atoms with E-state index in [2.05, 4.69) is 21.2 Å². The van der Waals surface area contributed by atoms with Crippen LogP contribution in [0.15, 0.2) is 53.0 Å². The molecule has 0 aromatic heterocycles. The van der Waals surface area contributed by atoms with Gasteiger partial charge in [-0.1, -0.05) is 12.1 Å². The van der Waals surface area contributed by atoms with Crippen molar-refractivity contribution in [2.75, 3.05) is 6.54 Å². The van der Waals surface area contributed by atoms with E-state index in [0.717, 1.165) is 10.2 Å². The van der Waals surface area contributed by atoms with Crippen LogP contribution < -0.4 is 10.1 Å². The lowest BCUT2D eigenvalue weighted by Gasteiger charge is -2.08. The van der Waals surface area contributed by atoms with Gasteiger partial charge in [0.25, 0.3) is 5.91 Å². The smallest absolute Gasteiger partial charge is 0.251 e. The molecule has 0 saturated heterocycles. The van der Waals surface area contributed by atoms with Crippen molar-refractivity contribution < 1.29 is 9.53 Å². The highest BCUT2D eigenvalue weighted by atomic mass is 79.9. The van der Waals surface area contributed by atoms with Crippen LogP contribution in [0.3, 0.4) is 0 Å². The Hall–Kier alpha value is -1.81. The van der Waals surface area contributed by atoms with Gasteiger partial charge in [0.1, 0.15) is 11.5 Å². The fourth-order valence-corrected chi connectivity index (χ4v) is 1.96. The number of carbonyl (C=O) groups is 1. The van der Waals surface area contributed by atoms with Gasteiger partial charge in [0.05, 0.1) is 4.47 Å². The molecular formula is C15H14BrNO2. The summed E-state index contributed by atoms with van der Waals surface area (Å²) in [6, 6.07) is 14.7. The molecule has 0 saturated carbocycles. The van der Waals surface area contributed by atoms with Crippen molar-refractivity contribution in [3.8, 4) is 11.5 Å². The van der Waals surface area contributed by atoms with Gasteiger partial charge in [0.15, 0.2) is 0 Å². The second kappa shape index (κ2) is 6.38. The summed E-state index contributed by atoms with van der Waals surface area (Å²) < 4.78 is 6.62. The molecule has 2 aromatic rings. The maximum Gasteiger partial charge on any atom is 0.251 e. The molecule has 19 heavy (non-hydrogen) atoms. The fraction of sp³-hybridized carbons (Fsp3) is 0.133. The maximum absolute atomic E-state index is 11.6. The third-order valence-electron chi connectivity index (χ3n) is 2.52. The molecule has 3 nitrogen and oxygen atoms in total. The second-order valence-corrected chi connectivity index (χ2v) is 4.77. The molecule has 2 aromatic carbocycles. The van der Waals surface area contributed by atoms with Gasteiger partial charge in [0, 0.05) is 12.1 Å². The van der Waals surface area contributed by atoms with E-state index >= 15 is 0 Å². The van der Waals surface area contributed by atoms with Gasteiger partial charge >= 0.3 is 0 Å². The number of benzene rings is 2. The molecule has 0 heterocycles. The Labute approximate surface area is 120 Å². The van der Waals surface area contributed by atoms with Crippen LogP contribution in [0.5, 0.6) is 11.5 Å². The van der Waals surface area contributed by atoms with Gasteiger partial charge in [-0.25, -0.2) is 0 Å². The van der Waals surface area contributed by atoms with E-state index < -0.39 is 0 Å². The molecule has 0 spiro atoms. The van der Waals surface area contributed by atoms with E-state index in [4.69, 9.17) is 4.74 Å². The van der Waals surface area contributed by atoms with Crippen LogP contribution in [0.25, 0.3) is 0 Å². The molecule has 0 atom stereocenters. The molecule has 1 amide bonds. The predicted molar refractivity (Wildman–Crippen MR) is 78.7 cm³/mol. The van der Waals surface area contributed by atoms with E-state index in [1.165, 1.54) is 0 Å². The van der Waals surface area contributed by atoms with Crippen LogP contribution in [0.1, 0.15) is 17.3 Å². The van der Waals surface area contributed by atoms with Gasteiger partial charge in [-0.3, -0.25) is 4.79 Å². The number of para-hydroxylation sites is 1. The quantitative estimate of drug-likeness (QED) is 0.925. The summed E-state index contributed by atoms with van der Waals surface area (Å²) in [5.74, 6) is 1.36. The highest BCUT2D eigenvalue weighted by molar-refractivity contribution is 9.10. The Kier molecular flexibility index (Phi) is 4.58. The van der Waals surface area contributed by atoms with Crippen LogP contribution in [0.2, 0.25) is 0 Å². The standard InChI is InChI=1S/C15H14BrNO2/c1-2-17-15(18)11-7-9-12(10-8-11)19-14-6-4-3-5-13(14)16/h3-10H,2H2,1H3,(H,17,18). The Bertz CT molecular complexity index is 567. The van der Waals surface area contributed by atoms with Crippen molar-refractivity contribution >= 4 is 21.8 Å². The minimum Gasteiger partial charge on any atom is -0.456 e. The molecule has 0 unspecified atom stereocenters. The molecule has 1 N–H and O–H groups in total. The molecule has 0 aliphatic rings. The van der Waals surface area contributed by atoms with Crippen molar-refractivity contribution in [1.82, 2.24) is 5.32 Å². The first-order valence-corrected chi connectivity index (χ1v) is 6.80. The first kappa shape index (κ1) is 13.6. The number of ether oxygens (including phenoxy) is 1. The van der Waals surface area contributed by atoms with Crippen LogP contribution in [0, 0.1) is 0 Å². The van der Waals surface area contributed by atoms with Crippen molar-refractivity contribution in [3.05, 3.63) is 58.6 Å². The van der Waals surface area contributed by atoms with Gasteiger partial charge in [-0.15, -0.1) is 0 Å². The van der Waals surface area contributed by atoms with Crippen LogP contribution >= 0.6 is 15.9 Å². The molecule has 4 heteroatoms. The zero-order chi connectivity index (χ0) is 13.7. The lowest BCUT2D eigenvalue weighted by atomic mass is 10.2. The van der Waals surface area contributed by atoms with Crippen LogP contribution in [-0.2, 0) is 0 Å². The summed E-state index contributed by atoms with van der Waals surface area (Å²) in [6.07, 6.45) is 0. The molecule has 0 fully saturated rings. The molecule has 0 aliphatic carbocycles. The molecule has 0 aliphatic heterocycles. The number of hydrogen-bond donors (Lipinski definition) is 1. The first-order chi connectivity index (χ1) is 9.20. The highest BCUT2D eigenvalue weighted by Crippen LogP contribution is 2.29. The van der Waals surface area contributed by atoms with Gasteiger partial charge in [-0.2, -0.15) is 0 Å². The molecule has 0 radical (unpaired) electrons. The average Bonchev–Trinajstić information content (AvgIpc) is 2.42. The zero-order valence-corrected chi connectivity index (χ0v) is 12.1. The average molecular weight is 320 g/mol. The largest absolute Gasteiger partial charge is 0.456 e. The fourth-order valence-electron chi connectivity index (χ4n) is 1.59. The number of carbonyl (C=O) groups excluding carboxylic acids is 1. The van der Waals surface area contributed by atoms with Crippen LogP contribution in [0.4, 0.5) is 0 Å². The van der Waals surface area contributed by atoms with Gasteiger partial charge in [-0.05, 0) is 59.3 Å². The van der Waals surface area contributed by atoms with E-state index in [9.17, 15) is 4.79 Å². The molecular weight excluding hydrogens is 306 g/mol. The summed E-state index contributed by atoms with van der Waals surface area (Å²) in [5, 5.41) is 2.75. The predicted octanol–water partition coefficient (Wildman–Crippen LogP) is 3.99. The maximum atomic E-state index is 11.6. The number of amides is 1. The number of rotatable bonds is 4. The summed E-state index contributed by atoms with van der Waals surface area (Å²) in [7, 11) is 0. The minimum atomic E-state index is -0.0741. The monoisotopic (exact) mass is 319 g/mol. The van der Waals surface area contributed by atoms with Crippen molar-refractivity contribution in [3.63, 3.8) is 0 Å². The normalized spacial score (nSPS) is 10.0. The summed E-state index contributed by atoms with van der Waals surface area (Å²) in [6.45, 7) is 2.51. The number of halogens is 1. The lowest BCUT2D eigenvalue weighted by molar-refractivity contribution is 0.0956. The summed E-state index contributed by atoms with van der Waals surface area (Å²) in [4.78, 5) is 11.6. The summed E-state index contributed by atoms with van der Waals surface area (Å²) >= 11 is 3.42. The van der Waals surface area contributed by atoms with E-state index in [0.29, 0.717) is 17.9 Å².